The molecule has 0 aliphatic carbocycles. The lowest BCUT2D eigenvalue weighted by Gasteiger charge is -2.28. The number of benzene rings is 1. The van der Waals surface area contributed by atoms with E-state index in [9.17, 15) is 9.59 Å². The molecule has 0 aromatic heterocycles. The molecular formula is C14H19NO4. The number of methoxy groups -OCH3 is 1. The van der Waals surface area contributed by atoms with Crippen molar-refractivity contribution in [1.82, 2.24) is 4.90 Å². The molecular weight excluding hydrogens is 246 g/mol. The van der Waals surface area contributed by atoms with Crippen LogP contribution in [0.25, 0.3) is 0 Å². The summed E-state index contributed by atoms with van der Waals surface area (Å²) >= 11 is 0. The maximum Gasteiger partial charge on any atom is 0.335 e. The molecule has 0 bridgehead atoms. The Labute approximate surface area is 112 Å². The van der Waals surface area contributed by atoms with E-state index in [1.165, 1.54) is 19.2 Å². The summed E-state index contributed by atoms with van der Waals surface area (Å²) in [5.74, 6) is -1.09. The van der Waals surface area contributed by atoms with Gasteiger partial charge in [0.2, 0.25) is 0 Å². The number of hydrogen-bond acceptors (Lipinski definition) is 3. The first-order chi connectivity index (χ1) is 8.77. The Morgan fingerprint density at radius 1 is 1.26 bits per heavy atom. The van der Waals surface area contributed by atoms with E-state index < -0.39 is 11.6 Å². The van der Waals surface area contributed by atoms with Crippen LogP contribution >= 0.6 is 0 Å². The van der Waals surface area contributed by atoms with Crippen molar-refractivity contribution in [2.45, 2.75) is 26.0 Å². The number of rotatable bonds is 5. The fraction of sp³-hybridized carbons (Fsp3) is 0.429. The van der Waals surface area contributed by atoms with Crippen molar-refractivity contribution >= 4 is 11.9 Å². The third-order valence-corrected chi connectivity index (χ3v) is 2.99. The molecule has 5 heteroatoms. The van der Waals surface area contributed by atoms with Crippen molar-refractivity contribution in [3.8, 4) is 0 Å². The van der Waals surface area contributed by atoms with Crippen LogP contribution < -0.4 is 0 Å². The van der Waals surface area contributed by atoms with Crippen LogP contribution in [0.15, 0.2) is 24.3 Å². The first-order valence-electron chi connectivity index (χ1n) is 5.91. The quantitative estimate of drug-likeness (QED) is 0.881. The first-order valence-corrected chi connectivity index (χ1v) is 5.91. The van der Waals surface area contributed by atoms with Gasteiger partial charge in [-0.1, -0.05) is 12.1 Å². The van der Waals surface area contributed by atoms with Crippen LogP contribution in [0.2, 0.25) is 0 Å². The summed E-state index contributed by atoms with van der Waals surface area (Å²) in [7, 11) is 3.18. The molecule has 0 aliphatic heterocycles. The molecule has 0 unspecified atom stereocenters. The lowest BCUT2D eigenvalue weighted by atomic mass is 10.1. The van der Waals surface area contributed by atoms with Crippen molar-refractivity contribution in [1.29, 1.82) is 0 Å². The minimum absolute atomic E-state index is 0.127. The Balaban J connectivity index is 2.74. The van der Waals surface area contributed by atoms with Crippen LogP contribution in [0.1, 0.15) is 29.8 Å². The van der Waals surface area contributed by atoms with Gasteiger partial charge in [0.05, 0.1) is 5.56 Å². The van der Waals surface area contributed by atoms with Crippen LogP contribution in [0, 0.1) is 0 Å². The SMILES string of the molecule is COC(C)(C)C(=O)N(C)Cc1ccc(C(=O)O)cc1. The van der Waals surface area contributed by atoms with Gasteiger partial charge in [0.15, 0.2) is 0 Å². The summed E-state index contributed by atoms with van der Waals surface area (Å²) in [6, 6.07) is 6.45. The van der Waals surface area contributed by atoms with E-state index in [1.807, 2.05) is 0 Å². The number of carboxylic acids is 1. The number of nitrogens with zero attached hydrogens (tertiary/aromatic N) is 1. The topological polar surface area (TPSA) is 66.8 Å². The van der Waals surface area contributed by atoms with E-state index in [0.29, 0.717) is 6.54 Å². The lowest BCUT2D eigenvalue weighted by molar-refractivity contribution is -0.150. The highest BCUT2D eigenvalue weighted by atomic mass is 16.5. The Bertz CT molecular complexity index is 465. The summed E-state index contributed by atoms with van der Waals surface area (Å²) in [6.45, 7) is 3.82. The van der Waals surface area contributed by atoms with Crippen LogP contribution in [0.4, 0.5) is 0 Å². The van der Waals surface area contributed by atoms with Gasteiger partial charge in [-0.3, -0.25) is 4.79 Å². The zero-order chi connectivity index (χ0) is 14.6. The summed E-state index contributed by atoms with van der Waals surface area (Å²) in [6.07, 6.45) is 0. The molecule has 0 aliphatic rings. The third-order valence-electron chi connectivity index (χ3n) is 2.99. The monoisotopic (exact) mass is 265 g/mol. The molecule has 1 rings (SSSR count). The van der Waals surface area contributed by atoms with Crippen molar-refractivity contribution in [2.75, 3.05) is 14.2 Å². The summed E-state index contributed by atoms with van der Waals surface area (Å²) in [5.41, 5.74) is 0.234. The number of carboxylic acid groups (broad SMARTS) is 1. The Kier molecular flexibility index (Phi) is 4.67. The van der Waals surface area contributed by atoms with Crippen molar-refractivity contribution in [2.24, 2.45) is 0 Å². The zero-order valence-electron chi connectivity index (χ0n) is 11.6. The standard InChI is InChI=1S/C14H19NO4/c1-14(2,19-4)13(18)15(3)9-10-5-7-11(8-6-10)12(16)17/h5-8H,9H2,1-4H3,(H,16,17). The number of aromatic carboxylic acids is 1. The largest absolute Gasteiger partial charge is 0.478 e. The number of ether oxygens (including phenoxy) is 1. The molecule has 1 N–H and O–H groups in total. The van der Waals surface area contributed by atoms with E-state index >= 15 is 0 Å². The first kappa shape index (κ1) is 15.2. The van der Waals surface area contributed by atoms with Gasteiger partial charge in [0, 0.05) is 20.7 Å². The summed E-state index contributed by atoms with van der Waals surface area (Å²) in [4.78, 5) is 24.4. The number of hydrogen-bond donors (Lipinski definition) is 1. The Morgan fingerprint density at radius 3 is 2.21 bits per heavy atom. The molecule has 1 amide bonds. The smallest absolute Gasteiger partial charge is 0.335 e. The van der Waals surface area contributed by atoms with Gasteiger partial charge in [-0.15, -0.1) is 0 Å². The molecule has 1 aromatic rings. The predicted molar refractivity (Wildman–Crippen MR) is 71.0 cm³/mol. The van der Waals surface area contributed by atoms with E-state index in [0.717, 1.165) is 5.56 Å². The van der Waals surface area contributed by atoms with Gasteiger partial charge in [-0.05, 0) is 31.5 Å². The molecule has 0 heterocycles. The molecule has 0 saturated carbocycles. The highest BCUT2D eigenvalue weighted by Crippen LogP contribution is 2.14. The van der Waals surface area contributed by atoms with Gasteiger partial charge in [-0.2, -0.15) is 0 Å². The Hall–Kier alpha value is -1.88. The van der Waals surface area contributed by atoms with Crippen LogP contribution in [0.3, 0.4) is 0 Å². The fourth-order valence-corrected chi connectivity index (χ4v) is 1.65. The van der Waals surface area contributed by atoms with Crippen molar-refractivity contribution in [3.63, 3.8) is 0 Å². The molecule has 0 fully saturated rings. The lowest BCUT2D eigenvalue weighted by Crippen LogP contribution is -2.44. The van der Waals surface area contributed by atoms with Crippen LogP contribution in [0.5, 0.6) is 0 Å². The minimum Gasteiger partial charge on any atom is -0.478 e. The van der Waals surface area contributed by atoms with Crippen molar-refractivity contribution in [3.05, 3.63) is 35.4 Å². The number of carbonyl (C=O) groups excluding carboxylic acids is 1. The maximum atomic E-state index is 12.1. The number of amides is 1. The zero-order valence-corrected chi connectivity index (χ0v) is 11.6. The molecule has 1 aromatic carbocycles. The molecule has 104 valence electrons. The molecule has 5 nitrogen and oxygen atoms in total. The second-order valence-corrected chi connectivity index (χ2v) is 4.88. The Morgan fingerprint density at radius 2 is 1.79 bits per heavy atom. The van der Waals surface area contributed by atoms with Gasteiger partial charge < -0.3 is 14.7 Å². The maximum absolute atomic E-state index is 12.1. The number of likely N-dealkylation sites (N-methyl/N-ethyl adjacent to an activating group) is 1. The molecule has 0 saturated heterocycles. The molecule has 19 heavy (non-hydrogen) atoms. The highest BCUT2D eigenvalue weighted by molar-refractivity contribution is 5.87. The second-order valence-electron chi connectivity index (χ2n) is 4.88. The third kappa shape index (κ3) is 3.79. The minimum atomic E-state index is -0.962. The highest BCUT2D eigenvalue weighted by Gasteiger charge is 2.29. The average molecular weight is 265 g/mol. The molecule has 0 spiro atoms. The van der Waals surface area contributed by atoms with E-state index in [2.05, 4.69) is 0 Å². The van der Waals surface area contributed by atoms with E-state index in [1.54, 1.807) is 37.9 Å². The number of carbonyl (C=O) groups is 2. The van der Waals surface area contributed by atoms with E-state index in [-0.39, 0.29) is 11.5 Å². The fourth-order valence-electron chi connectivity index (χ4n) is 1.65. The summed E-state index contributed by atoms with van der Waals surface area (Å²) < 4.78 is 5.14. The van der Waals surface area contributed by atoms with Crippen molar-refractivity contribution < 1.29 is 19.4 Å². The second kappa shape index (κ2) is 5.84. The van der Waals surface area contributed by atoms with E-state index in [4.69, 9.17) is 9.84 Å². The predicted octanol–water partition coefficient (Wildman–Crippen LogP) is 1.77. The molecule has 0 atom stereocenters. The van der Waals surface area contributed by atoms with Gasteiger partial charge >= 0.3 is 5.97 Å². The van der Waals surface area contributed by atoms with Crippen LogP contribution in [-0.2, 0) is 16.1 Å². The molecule has 0 radical (unpaired) electrons. The van der Waals surface area contributed by atoms with Gasteiger partial charge in [-0.25, -0.2) is 4.79 Å². The van der Waals surface area contributed by atoms with Gasteiger partial charge in [0.25, 0.3) is 5.91 Å². The van der Waals surface area contributed by atoms with Gasteiger partial charge in [0.1, 0.15) is 5.60 Å². The normalized spacial score (nSPS) is 11.2. The average Bonchev–Trinajstić information content (AvgIpc) is 2.38. The summed E-state index contributed by atoms with van der Waals surface area (Å²) in [5, 5.41) is 8.80. The van der Waals surface area contributed by atoms with Crippen LogP contribution in [-0.4, -0.2) is 41.6 Å².